The van der Waals surface area contributed by atoms with Crippen LogP contribution in [-0.2, 0) is 16.0 Å². The molecule has 0 unspecified atom stereocenters. The Balaban J connectivity index is 1.98. The van der Waals surface area contributed by atoms with Crippen molar-refractivity contribution in [2.24, 2.45) is 0 Å². The molecular weight excluding hydrogens is 447 g/mol. The first-order valence-corrected chi connectivity index (χ1v) is 11.0. The van der Waals surface area contributed by atoms with E-state index in [9.17, 15) is 9.18 Å². The van der Waals surface area contributed by atoms with Gasteiger partial charge in [-0.05, 0) is 52.3 Å². The molecule has 3 aromatic rings. The van der Waals surface area contributed by atoms with Crippen molar-refractivity contribution in [1.82, 2.24) is 19.4 Å². The maximum Gasteiger partial charge on any atom is 0.410 e. The molecule has 0 aliphatic rings. The molecule has 0 aliphatic carbocycles. The van der Waals surface area contributed by atoms with Crippen molar-refractivity contribution in [2.45, 2.75) is 52.9 Å². The van der Waals surface area contributed by atoms with Crippen molar-refractivity contribution >= 4 is 28.7 Å². The highest BCUT2D eigenvalue weighted by atomic mass is 35.5. The normalized spacial score (nSPS) is 12.8. The summed E-state index contributed by atoms with van der Waals surface area (Å²) in [6.07, 6.45) is -0.788. The number of pyridine rings is 1. The summed E-state index contributed by atoms with van der Waals surface area (Å²) in [5, 5.41) is 0.362. The van der Waals surface area contributed by atoms with Gasteiger partial charge in [0, 0.05) is 25.8 Å². The lowest BCUT2D eigenvalue weighted by molar-refractivity contribution is 0.0116. The van der Waals surface area contributed by atoms with Gasteiger partial charge in [-0.2, -0.15) is 0 Å². The number of hydrogen-bond acceptors (Lipinski definition) is 5. The lowest BCUT2D eigenvalue weighted by Crippen LogP contribution is -2.40. The largest absolute Gasteiger partial charge is 0.444 e. The van der Waals surface area contributed by atoms with E-state index < -0.39 is 17.5 Å². The summed E-state index contributed by atoms with van der Waals surface area (Å²) in [7, 11) is 3.25. The van der Waals surface area contributed by atoms with Crippen molar-refractivity contribution in [1.29, 1.82) is 0 Å². The Bertz CT molecular complexity index is 1170. The summed E-state index contributed by atoms with van der Waals surface area (Å²) in [5.41, 5.74) is 2.62. The van der Waals surface area contributed by atoms with Crippen LogP contribution in [0, 0.1) is 19.7 Å². The number of hydrogen-bond donors (Lipinski definition) is 0. The third kappa shape index (κ3) is 5.81. The van der Waals surface area contributed by atoms with E-state index in [1.54, 1.807) is 14.2 Å². The molecule has 0 spiro atoms. The maximum atomic E-state index is 14.4. The van der Waals surface area contributed by atoms with Gasteiger partial charge in [0.1, 0.15) is 22.4 Å². The number of carbonyl (C=O) groups is 1. The summed E-state index contributed by atoms with van der Waals surface area (Å²) in [5.74, 6) is 0.283. The molecular formula is C24H30ClFN4O3. The topological polar surface area (TPSA) is 69.5 Å². The fourth-order valence-corrected chi connectivity index (χ4v) is 3.71. The van der Waals surface area contributed by atoms with Crippen LogP contribution in [0.2, 0.25) is 5.15 Å². The number of imidazole rings is 1. The number of likely N-dealkylation sites (N-methyl/N-ethyl adjacent to an activating group) is 1. The van der Waals surface area contributed by atoms with Gasteiger partial charge in [-0.25, -0.2) is 19.2 Å². The second-order valence-electron chi connectivity index (χ2n) is 9.11. The smallest absolute Gasteiger partial charge is 0.410 e. The number of aryl methyl sites for hydroxylation is 2. The first kappa shape index (κ1) is 24.9. The van der Waals surface area contributed by atoms with Crippen molar-refractivity contribution in [3.63, 3.8) is 0 Å². The molecule has 33 heavy (non-hydrogen) atoms. The minimum atomic E-state index is -0.591. The molecule has 2 heterocycles. The van der Waals surface area contributed by atoms with Crippen LogP contribution in [0.1, 0.15) is 32.2 Å². The molecule has 0 saturated heterocycles. The molecule has 1 atom stereocenters. The zero-order valence-electron chi connectivity index (χ0n) is 20.1. The van der Waals surface area contributed by atoms with Gasteiger partial charge in [-0.3, -0.25) is 0 Å². The molecule has 178 valence electrons. The van der Waals surface area contributed by atoms with Gasteiger partial charge in [0.05, 0.1) is 35.9 Å². The lowest BCUT2D eigenvalue weighted by atomic mass is 10.1. The number of amides is 1. The van der Waals surface area contributed by atoms with Gasteiger partial charge in [-0.15, -0.1) is 0 Å². The molecule has 0 radical (unpaired) electrons. The monoisotopic (exact) mass is 476 g/mol. The molecule has 0 bridgehead atoms. The third-order valence-electron chi connectivity index (χ3n) is 5.21. The minimum absolute atomic E-state index is 0.301. The molecule has 0 saturated carbocycles. The molecule has 0 aliphatic heterocycles. The van der Waals surface area contributed by atoms with Crippen LogP contribution in [0.5, 0.6) is 0 Å². The summed E-state index contributed by atoms with van der Waals surface area (Å²) in [6, 6.07) is 6.49. The predicted molar refractivity (Wildman–Crippen MR) is 127 cm³/mol. The van der Waals surface area contributed by atoms with Gasteiger partial charge < -0.3 is 18.9 Å². The Morgan fingerprint density at radius 2 is 1.94 bits per heavy atom. The van der Waals surface area contributed by atoms with E-state index in [0.29, 0.717) is 40.8 Å². The Morgan fingerprint density at radius 3 is 2.55 bits per heavy atom. The van der Waals surface area contributed by atoms with Gasteiger partial charge in [0.15, 0.2) is 0 Å². The number of carbonyl (C=O) groups excluding carboxylic acids is 1. The fourth-order valence-electron chi connectivity index (χ4n) is 3.55. The molecule has 1 aromatic carbocycles. The number of aromatic nitrogens is 3. The second-order valence-corrected chi connectivity index (χ2v) is 9.47. The van der Waals surface area contributed by atoms with Crippen LogP contribution in [0.25, 0.3) is 22.3 Å². The Morgan fingerprint density at radius 1 is 1.24 bits per heavy atom. The summed E-state index contributed by atoms with van der Waals surface area (Å²) >= 11 is 6.24. The zero-order chi connectivity index (χ0) is 24.5. The Kier molecular flexibility index (Phi) is 7.29. The lowest BCUT2D eigenvalue weighted by Gasteiger charge is -2.27. The van der Waals surface area contributed by atoms with Crippen LogP contribution in [-0.4, -0.2) is 57.9 Å². The summed E-state index contributed by atoms with van der Waals surface area (Å²) in [6.45, 7) is 9.86. The van der Waals surface area contributed by atoms with E-state index in [2.05, 4.69) is 9.97 Å². The third-order valence-corrected chi connectivity index (χ3v) is 5.59. The number of ether oxygens (including phenoxy) is 2. The molecule has 7 nitrogen and oxygen atoms in total. The highest BCUT2D eigenvalue weighted by molar-refractivity contribution is 6.30. The van der Waals surface area contributed by atoms with E-state index >= 15 is 0 Å². The summed E-state index contributed by atoms with van der Waals surface area (Å²) < 4.78 is 27.5. The van der Waals surface area contributed by atoms with E-state index in [-0.39, 0.29) is 6.10 Å². The SMILES string of the molecule is CO[C@@H](CN(C)C(=O)OC(C)(C)C)Cn1c(C)nc2cc(F)cc(-c3ccc(C)c(Cl)n3)c21. The molecule has 2 aromatic heterocycles. The molecule has 9 heteroatoms. The minimum Gasteiger partial charge on any atom is -0.444 e. The van der Waals surface area contributed by atoms with Gasteiger partial charge in [0.2, 0.25) is 0 Å². The number of benzene rings is 1. The molecule has 0 N–H and O–H groups in total. The van der Waals surface area contributed by atoms with Gasteiger partial charge in [0.25, 0.3) is 0 Å². The highest BCUT2D eigenvalue weighted by Crippen LogP contribution is 2.31. The number of fused-ring (bicyclic) bond motifs is 1. The van der Waals surface area contributed by atoms with Crippen LogP contribution in [0.4, 0.5) is 9.18 Å². The average Bonchev–Trinajstić information content (AvgIpc) is 3.02. The number of halogens is 2. The van der Waals surface area contributed by atoms with Gasteiger partial charge >= 0.3 is 6.09 Å². The molecule has 1 amide bonds. The Hall–Kier alpha value is -2.71. The number of nitrogens with zero attached hydrogens (tertiary/aromatic N) is 4. The average molecular weight is 477 g/mol. The van der Waals surface area contributed by atoms with Crippen molar-refractivity contribution < 1.29 is 18.7 Å². The quantitative estimate of drug-likeness (QED) is 0.446. The maximum absolute atomic E-state index is 14.4. The van der Waals surface area contributed by atoms with Crippen LogP contribution < -0.4 is 0 Å². The highest BCUT2D eigenvalue weighted by Gasteiger charge is 2.24. The van der Waals surface area contributed by atoms with E-state index in [1.165, 1.54) is 17.0 Å². The number of rotatable bonds is 6. The van der Waals surface area contributed by atoms with Crippen LogP contribution >= 0.6 is 11.6 Å². The zero-order valence-corrected chi connectivity index (χ0v) is 20.8. The summed E-state index contributed by atoms with van der Waals surface area (Å²) in [4.78, 5) is 22.9. The van der Waals surface area contributed by atoms with Crippen molar-refractivity contribution in [2.75, 3.05) is 20.7 Å². The van der Waals surface area contributed by atoms with Crippen LogP contribution in [0.15, 0.2) is 24.3 Å². The standard InChI is InChI=1S/C24H30ClFN4O3/c1-14-8-9-19(28-22(14)25)18-10-16(26)11-20-21(18)30(15(2)27-20)13-17(32-7)12-29(6)23(31)33-24(3,4)5/h8-11,17H,12-13H2,1-7H3/t17-/m0/s1. The molecule has 0 fully saturated rings. The second kappa shape index (κ2) is 9.65. The van der Waals surface area contributed by atoms with E-state index in [4.69, 9.17) is 21.1 Å². The first-order chi connectivity index (χ1) is 15.4. The fraction of sp³-hybridized carbons (Fsp3) is 0.458. The van der Waals surface area contributed by atoms with Crippen molar-refractivity contribution in [3.8, 4) is 11.3 Å². The molecule has 3 rings (SSSR count). The van der Waals surface area contributed by atoms with Gasteiger partial charge in [-0.1, -0.05) is 17.7 Å². The Labute approximate surface area is 198 Å². The van der Waals surface area contributed by atoms with E-state index in [0.717, 1.165) is 11.1 Å². The van der Waals surface area contributed by atoms with E-state index in [1.807, 2.05) is 51.3 Å². The first-order valence-electron chi connectivity index (χ1n) is 10.7. The van der Waals surface area contributed by atoms with Crippen LogP contribution in [0.3, 0.4) is 0 Å². The number of methoxy groups -OCH3 is 1. The predicted octanol–water partition coefficient (Wildman–Crippen LogP) is 5.39. The van der Waals surface area contributed by atoms with Crippen molar-refractivity contribution in [3.05, 3.63) is 46.6 Å².